The fraction of sp³-hybridized carbons (Fsp3) is 0.935. The minimum absolute atomic E-state index is 0.393. The standard InChI is InChI=1S/C31H64O5Si2/c1-16-17-27(14)31(15,30-33-18-19-34-30)29(32)28(36-38(24(8)9,25(10)11)26(12)13)20-35-37(21(2)3,22(4)5)23(6)7/h17,21-26,28-30,32H,16,18-20H2,1-15H3/b27-17+/t28-,29+,31?/m1/s1. The second-order valence-electron chi connectivity index (χ2n) is 13.7. The summed E-state index contributed by atoms with van der Waals surface area (Å²) in [6.45, 7) is 35.5. The zero-order chi connectivity index (χ0) is 29.6. The van der Waals surface area contributed by atoms with Gasteiger partial charge in [-0.3, -0.25) is 0 Å². The predicted octanol–water partition coefficient (Wildman–Crippen LogP) is 8.84. The van der Waals surface area contributed by atoms with E-state index in [2.05, 4.69) is 110 Å². The highest BCUT2D eigenvalue weighted by Crippen LogP contribution is 2.48. The van der Waals surface area contributed by atoms with E-state index < -0.39 is 40.5 Å². The van der Waals surface area contributed by atoms with Crippen molar-refractivity contribution in [1.29, 1.82) is 0 Å². The molecule has 1 N–H and O–H groups in total. The van der Waals surface area contributed by atoms with Crippen LogP contribution >= 0.6 is 0 Å². The average Bonchev–Trinajstić information content (AvgIpc) is 3.34. The first-order chi connectivity index (χ1) is 17.5. The molecule has 1 heterocycles. The molecular formula is C31H64O5Si2. The van der Waals surface area contributed by atoms with E-state index in [1.165, 1.54) is 0 Å². The Morgan fingerprint density at radius 1 is 0.816 bits per heavy atom. The lowest BCUT2D eigenvalue weighted by Crippen LogP contribution is -2.59. The fourth-order valence-corrected chi connectivity index (χ4v) is 18.8. The van der Waals surface area contributed by atoms with Gasteiger partial charge in [-0.25, -0.2) is 0 Å². The molecule has 1 saturated heterocycles. The second-order valence-corrected chi connectivity index (χ2v) is 24.6. The SMILES string of the molecule is CC/C=C(\C)C(C)(C1OCCO1)[C@@H](O)[C@@H](CO[Si](C(C)C)(C(C)C)C(C)C)O[Si](C(C)C)(C(C)C)C(C)C. The van der Waals surface area contributed by atoms with Gasteiger partial charge in [-0.15, -0.1) is 0 Å². The molecule has 5 nitrogen and oxygen atoms in total. The first kappa shape index (κ1) is 36.0. The van der Waals surface area contributed by atoms with Crippen LogP contribution in [-0.4, -0.2) is 60.1 Å². The maximum absolute atomic E-state index is 12.4. The summed E-state index contributed by atoms with van der Waals surface area (Å²) < 4.78 is 26.7. The van der Waals surface area contributed by atoms with E-state index >= 15 is 0 Å². The molecular weight excluding hydrogens is 509 g/mol. The summed E-state index contributed by atoms with van der Waals surface area (Å²) in [6, 6.07) is 0. The van der Waals surface area contributed by atoms with E-state index in [1.54, 1.807) is 0 Å². The molecule has 226 valence electrons. The van der Waals surface area contributed by atoms with Gasteiger partial charge in [0.2, 0.25) is 8.32 Å². The first-order valence-electron chi connectivity index (χ1n) is 15.4. The Morgan fingerprint density at radius 2 is 1.21 bits per heavy atom. The van der Waals surface area contributed by atoms with Gasteiger partial charge in [0.25, 0.3) is 0 Å². The van der Waals surface area contributed by atoms with E-state index in [1.807, 2.05) is 0 Å². The summed E-state index contributed by atoms with van der Waals surface area (Å²) in [5, 5.41) is 12.4. The quantitative estimate of drug-likeness (QED) is 0.148. The van der Waals surface area contributed by atoms with Crippen LogP contribution in [0.4, 0.5) is 0 Å². The number of ether oxygens (including phenoxy) is 2. The number of hydrogen-bond donors (Lipinski definition) is 1. The first-order valence-corrected chi connectivity index (χ1v) is 19.7. The van der Waals surface area contributed by atoms with Crippen LogP contribution < -0.4 is 0 Å². The lowest BCUT2D eigenvalue weighted by molar-refractivity contribution is -0.174. The Hall–Kier alpha value is -0.0262. The number of rotatable bonds is 16. The number of aliphatic hydroxyl groups is 1. The molecule has 3 atom stereocenters. The molecule has 1 rings (SSSR count). The van der Waals surface area contributed by atoms with Crippen molar-refractivity contribution in [2.24, 2.45) is 5.41 Å². The predicted molar refractivity (Wildman–Crippen MR) is 167 cm³/mol. The Kier molecular flexibility index (Phi) is 14.0. The molecule has 0 spiro atoms. The zero-order valence-corrected chi connectivity index (χ0v) is 29.7. The lowest BCUT2D eigenvalue weighted by Gasteiger charge is -2.50. The van der Waals surface area contributed by atoms with Gasteiger partial charge < -0.3 is 23.4 Å². The van der Waals surface area contributed by atoms with E-state index in [0.717, 1.165) is 12.0 Å². The minimum atomic E-state index is -2.33. The van der Waals surface area contributed by atoms with Gasteiger partial charge in [0.05, 0.1) is 37.4 Å². The number of aliphatic hydroxyl groups excluding tert-OH is 1. The Morgan fingerprint density at radius 3 is 1.55 bits per heavy atom. The molecule has 0 saturated carbocycles. The molecule has 0 radical (unpaired) electrons. The second kappa shape index (κ2) is 14.7. The highest BCUT2D eigenvalue weighted by molar-refractivity contribution is 6.78. The van der Waals surface area contributed by atoms with Crippen molar-refractivity contribution < 1.29 is 23.4 Å². The van der Waals surface area contributed by atoms with Crippen molar-refractivity contribution in [3.05, 3.63) is 11.6 Å². The van der Waals surface area contributed by atoms with E-state index in [-0.39, 0.29) is 0 Å². The topological polar surface area (TPSA) is 57.2 Å². The largest absolute Gasteiger partial charge is 0.413 e. The molecule has 0 aromatic rings. The fourth-order valence-electron chi connectivity index (χ4n) is 7.76. The van der Waals surface area contributed by atoms with Crippen LogP contribution in [0.1, 0.15) is 110 Å². The molecule has 1 fully saturated rings. The van der Waals surface area contributed by atoms with Crippen LogP contribution in [0.2, 0.25) is 33.2 Å². The van der Waals surface area contributed by atoms with Gasteiger partial charge in [0, 0.05) is 0 Å². The van der Waals surface area contributed by atoms with Gasteiger partial charge in [-0.1, -0.05) is 102 Å². The van der Waals surface area contributed by atoms with Gasteiger partial charge in [-0.05, 0) is 53.5 Å². The van der Waals surface area contributed by atoms with Crippen LogP contribution in [0, 0.1) is 5.41 Å². The lowest BCUT2D eigenvalue weighted by atomic mass is 9.74. The Bertz CT molecular complexity index is 684. The molecule has 1 aliphatic heterocycles. The van der Waals surface area contributed by atoms with Crippen molar-refractivity contribution in [3.63, 3.8) is 0 Å². The van der Waals surface area contributed by atoms with E-state index in [9.17, 15) is 5.11 Å². The van der Waals surface area contributed by atoms with Gasteiger partial charge in [-0.2, -0.15) is 0 Å². The van der Waals surface area contributed by atoms with Crippen molar-refractivity contribution in [3.8, 4) is 0 Å². The summed E-state index contributed by atoms with van der Waals surface area (Å²) in [6.07, 6.45) is 1.25. The summed E-state index contributed by atoms with van der Waals surface area (Å²) in [7, 11) is -4.51. The third-order valence-corrected chi connectivity index (χ3v) is 21.9. The van der Waals surface area contributed by atoms with Gasteiger partial charge in [0.1, 0.15) is 0 Å². The maximum Gasteiger partial charge on any atom is 0.201 e. The molecule has 0 aromatic heterocycles. The monoisotopic (exact) mass is 572 g/mol. The average molecular weight is 573 g/mol. The van der Waals surface area contributed by atoms with Crippen LogP contribution in [0.3, 0.4) is 0 Å². The van der Waals surface area contributed by atoms with Crippen LogP contribution in [0.5, 0.6) is 0 Å². The number of allylic oxidation sites excluding steroid dienone is 1. The smallest absolute Gasteiger partial charge is 0.201 e. The number of hydrogen-bond acceptors (Lipinski definition) is 5. The molecule has 0 amide bonds. The third-order valence-electron chi connectivity index (χ3n) is 9.71. The molecule has 7 heteroatoms. The van der Waals surface area contributed by atoms with Crippen molar-refractivity contribution in [1.82, 2.24) is 0 Å². The molecule has 38 heavy (non-hydrogen) atoms. The highest BCUT2D eigenvalue weighted by atomic mass is 28.4. The van der Waals surface area contributed by atoms with E-state index in [0.29, 0.717) is 53.1 Å². The molecule has 1 unspecified atom stereocenters. The Labute approximate surface area is 238 Å². The van der Waals surface area contributed by atoms with Crippen LogP contribution in [0.15, 0.2) is 11.6 Å². The summed E-state index contributed by atoms with van der Waals surface area (Å²) in [5.74, 6) is 0. The highest BCUT2D eigenvalue weighted by Gasteiger charge is 2.54. The summed E-state index contributed by atoms with van der Waals surface area (Å²) in [5.41, 5.74) is 2.90. The normalized spacial score (nSPS) is 20.0. The van der Waals surface area contributed by atoms with Gasteiger partial charge >= 0.3 is 0 Å². The summed E-state index contributed by atoms with van der Waals surface area (Å²) >= 11 is 0. The molecule has 0 bridgehead atoms. The molecule has 0 aliphatic carbocycles. The minimum Gasteiger partial charge on any atom is -0.413 e. The van der Waals surface area contributed by atoms with Crippen LogP contribution in [0.25, 0.3) is 0 Å². The third kappa shape index (κ3) is 7.06. The summed E-state index contributed by atoms with van der Waals surface area (Å²) in [4.78, 5) is 0. The van der Waals surface area contributed by atoms with Crippen molar-refractivity contribution in [2.75, 3.05) is 19.8 Å². The molecule has 0 aromatic carbocycles. The van der Waals surface area contributed by atoms with E-state index in [4.69, 9.17) is 18.3 Å². The van der Waals surface area contributed by atoms with Crippen LogP contribution in [-0.2, 0) is 18.3 Å². The Balaban J connectivity index is 3.74. The molecule has 1 aliphatic rings. The maximum atomic E-state index is 12.4. The van der Waals surface area contributed by atoms with Crippen molar-refractivity contribution in [2.45, 2.75) is 162 Å². The van der Waals surface area contributed by atoms with Crippen molar-refractivity contribution >= 4 is 16.6 Å². The van der Waals surface area contributed by atoms with Gasteiger partial charge in [0.15, 0.2) is 14.6 Å². The zero-order valence-electron chi connectivity index (χ0n) is 27.7.